The Morgan fingerprint density at radius 2 is 2.04 bits per heavy atom. The highest BCUT2D eigenvalue weighted by molar-refractivity contribution is 5.76. The van der Waals surface area contributed by atoms with Gasteiger partial charge in [-0.1, -0.05) is 18.2 Å². The molecule has 1 fully saturated rings. The van der Waals surface area contributed by atoms with Crippen LogP contribution in [0.2, 0.25) is 0 Å². The lowest BCUT2D eigenvalue weighted by atomic mass is 9.93. The van der Waals surface area contributed by atoms with Crippen LogP contribution in [0.5, 0.6) is 0 Å². The van der Waals surface area contributed by atoms with Crippen LogP contribution in [-0.4, -0.2) is 28.9 Å². The number of nitrogens with zero attached hydrogens (tertiary/aromatic N) is 2. The van der Waals surface area contributed by atoms with Crippen LogP contribution < -0.4 is 0 Å². The number of hydrogen-bond donors (Lipinski definition) is 0. The summed E-state index contributed by atoms with van der Waals surface area (Å²) < 4.78 is 12.9. The second-order valence-corrected chi connectivity index (χ2v) is 6.50. The maximum atomic E-state index is 12.9. The second-order valence-electron chi connectivity index (χ2n) is 6.50. The molecule has 0 aliphatic carbocycles. The molecule has 3 rings (SSSR count). The van der Waals surface area contributed by atoms with E-state index in [0.717, 1.165) is 43.6 Å². The number of piperidine rings is 1. The second kappa shape index (κ2) is 8.04. The van der Waals surface area contributed by atoms with E-state index in [0.29, 0.717) is 18.8 Å². The van der Waals surface area contributed by atoms with Crippen molar-refractivity contribution < 1.29 is 9.18 Å². The summed E-state index contributed by atoms with van der Waals surface area (Å²) in [7, 11) is 0. The van der Waals surface area contributed by atoms with E-state index in [9.17, 15) is 9.18 Å². The number of amides is 1. The van der Waals surface area contributed by atoms with Gasteiger partial charge < -0.3 is 4.90 Å². The van der Waals surface area contributed by atoms with Crippen LogP contribution in [0, 0.1) is 11.7 Å². The molecule has 4 heteroatoms. The fourth-order valence-corrected chi connectivity index (χ4v) is 3.33. The number of halogens is 1. The lowest BCUT2D eigenvalue weighted by Crippen LogP contribution is -2.40. The van der Waals surface area contributed by atoms with E-state index < -0.39 is 0 Å². The molecule has 0 saturated carbocycles. The van der Waals surface area contributed by atoms with E-state index in [-0.39, 0.29) is 11.7 Å². The molecule has 126 valence electrons. The average molecular weight is 326 g/mol. The molecule has 1 saturated heterocycles. The van der Waals surface area contributed by atoms with Crippen molar-refractivity contribution >= 4 is 5.91 Å². The van der Waals surface area contributed by atoms with Gasteiger partial charge in [0.15, 0.2) is 0 Å². The van der Waals surface area contributed by atoms with Crippen molar-refractivity contribution in [2.24, 2.45) is 5.92 Å². The Kier molecular flexibility index (Phi) is 5.57. The summed E-state index contributed by atoms with van der Waals surface area (Å²) in [6, 6.07) is 12.4. The van der Waals surface area contributed by atoms with Crippen molar-refractivity contribution in [2.45, 2.75) is 32.1 Å². The maximum absolute atomic E-state index is 12.9. The van der Waals surface area contributed by atoms with E-state index in [1.165, 1.54) is 12.1 Å². The molecule has 2 aromatic rings. The SMILES string of the molecule is O=C(CCc1ccc(F)cc1)N1CCCC(Cc2ccccn2)C1. The minimum atomic E-state index is -0.238. The van der Waals surface area contributed by atoms with Gasteiger partial charge >= 0.3 is 0 Å². The number of carbonyl (C=O) groups is 1. The first kappa shape index (κ1) is 16.6. The number of pyridine rings is 1. The Morgan fingerprint density at radius 1 is 1.21 bits per heavy atom. The lowest BCUT2D eigenvalue weighted by Gasteiger charge is -2.33. The monoisotopic (exact) mass is 326 g/mol. The summed E-state index contributed by atoms with van der Waals surface area (Å²) in [4.78, 5) is 18.9. The predicted octanol–water partition coefficient (Wildman–Crippen LogP) is 3.63. The van der Waals surface area contributed by atoms with Gasteiger partial charge in [0.2, 0.25) is 5.91 Å². The number of carbonyl (C=O) groups excluding carboxylic acids is 1. The molecule has 1 aliphatic rings. The molecule has 0 bridgehead atoms. The summed E-state index contributed by atoms with van der Waals surface area (Å²) >= 11 is 0. The Balaban J connectivity index is 1.50. The highest BCUT2D eigenvalue weighted by Gasteiger charge is 2.23. The minimum Gasteiger partial charge on any atom is -0.342 e. The van der Waals surface area contributed by atoms with Gasteiger partial charge in [0, 0.05) is 31.4 Å². The van der Waals surface area contributed by atoms with Gasteiger partial charge in [-0.3, -0.25) is 9.78 Å². The number of benzene rings is 1. The molecule has 1 aliphatic heterocycles. The zero-order valence-electron chi connectivity index (χ0n) is 13.8. The van der Waals surface area contributed by atoms with E-state index in [1.54, 1.807) is 12.1 Å². The minimum absolute atomic E-state index is 0.199. The van der Waals surface area contributed by atoms with Gasteiger partial charge in [-0.15, -0.1) is 0 Å². The van der Waals surface area contributed by atoms with E-state index in [2.05, 4.69) is 11.1 Å². The van der Waals surface area contributed by atoms with Crippen molar-refractivity contribution in [3.8, 4) is 0 Å². The highest BCUT2D eigenvalue weighted by atomic mass is 19.1. The molecule has 1 aromatic carbocycles. The molecule has 1 atom stereocenters. The fraction of sp³-hybridized carbons (Fsp3) is 0.400. The van der Waals surface area contributed by atoms with Crippen LogP contribution >= 0.6 is 0 Å². The third-order valence-corrected chi connectivity index (χ3v) is 4.64. The number of rotatable bonds is 5. The zero-order chi connectivity index (χ0) is 16.8. The molecule has 0 radical (unpaired) electrons. The summed E-state index contributed by atoms with van der Waals surface area (Å²) in [5, 5.41) is 0. The van der Waals surface area contributed by atoms with Crippen molar-refractivity contribution in [2.75, 3.05) is 13.1 Å². The Bertz CT molecular complexity index is 657. The van der Waals surface area contributed by atoms with Gasteiger partial charge in [0.05, 0.1) is 0 Å². The first-order valence-electron chi connectivity index (χ1n) is 8.63. The van der Waals surface area contributed by atoms with Crippen LogP contribution in [0.4, 0.5) is 4.39 Å². The largest absolute Gasteiger partial charge is 0.342 e. The van der Waals surface area contributed by atoms with Crippen LogP contribution in [-0.2, 0) is 17.6 Å². The van der Waals surface area contributed by atoms with Gasteiger partial charge in [-0.2, -0.15) is 0 Å². The summed E-state index contributed by atoms with van der Waals surface area (Å²) in [6.45, 7) is 1.67. The Morgan fingerprint density at radius 3 is 2.79 bits per heavy atom. The molecule has 3 nitrogen and oxygen atoms in total. The Labute approximate surface area is 142 Å². The molecule has 1 unspecified atom stereocenters. The van der Waals surface area contributed by atoms with Crippen molar-refractivity contribution in [3.63, 3.8) is 0 Å². The summed E-state index contributed by atoms with van der Waals surface area (Å²) in [6.07, 6.45) is 6.12. The number of hydrogen-bond acceptors (Lipinski definition) is 2. The van der Waals surface area contributed by atoms with E-state index >= 15 is 0 Å². The van der Waals surface area contributed by atoms with Crippen molar-refractivity contribution in [1.29, 1.82) is 0 Å². The zero-order valence-corrected chi connectivity index (χ0v) is 13.8. The van der Waals surface area contributed by atoms with Gasteiger partial charge in [0.25, 0.3) is 0 Å². The number of likely N-dealkylation sites (tertiary alicyclic amines) is 1. The van der Waals surface area contributed by atoms with Crippen LogP contribution in [0.15, 0.2) is 48.7 Å². The third kappa shape index (κ3) is 4.63. The third-order valence-electron chi connectivity index (χ3n) is 4.64. The quantitative estimate of drug-likeness (QED) is 0.840. The normalized spacial score (nSPS) is 17.7. The molecular formula is C20H23FN2O. The molecular weight excluding hydrogens is 303 g/mol. The highest BCUT2D eigenvalue weighted by Crippen LogP contribution is 2.21. The topological polar surface area (TPSA) is 33.2 Å². The Hall–Kier alpha value is -2.23. The van der Waals surface area contributed by atoms with Crippen molar-refractivity contribution in [1.82, 2.24) is 9.88 Å². The molecule has 0 spiro atoms. The predicted molar refractivity (Wildman–Crippen MR) is 92.0 cm³/mol. The first-order valence-corrected chi connectivity index (χ1v) is 8.63. The molecule has 2 heterocycles. The molecule has 1 aromatic heterocycles. The summed E-state index contributed by atoms with van der Waals surface area (Å²) in [5.41, 5.74) is 2.11. The smallest absolute Gasteiger partial charge is 0.222 e. The van der Waals surface area contributed by atoms with Crippen molar-refractivity contribution in [3.05, 3.63) is 65.7 Å². The van der Waals surface area contributed by atoms with Crippen LogP contribution in [0.1, 0.15) is 30.5 Å². The molecule has 24 heavy (non-hydrogen) atoms. The number of aryl methyl sites for hydroxylation is 1. The average Bonchev–Trinajstić information content (AvgIpc) is 2.62. The van der Waals surface area contributed by atoms with Crippen LogP contribution in [0.25, 0.3) is 0 Å². The van der Waals surface area contributed by atoms with Crippen LogP contribution in [0.3, 0.4) is 0 Å². The molecule has 0 N–H and O–H groups in total. The lowest BCUT2D eigenvalue weighted by molar-refractivity contribution is -0.133. The standard InChI is InChI=1S/C20H23FN2O/c21-18-9-6-16(7-10-18)8-11-20(24)23-13-3-4-17(15-23)14-19-5-1-2-12-22-19/h1-2,5-7,9-10,12,17H,3-4,8,11,13-15H2. The first-order chi connectivity index (χ1) is 11.7. The van der Waals surface area contributed by atoms with Gasteiger partial charge in [-0.05, 0) is 61.4 Å². The van der Waals surface area contributed by atoms with Gasteiger partial charge in [0.1, 0.15) is 5.82 Å². The van der Waals surface area contributed by atoms with Gasteiger partial charge in [-0.25, -0.2) is 4.39 Å². The number of aromatic nitrogens is 1. The maximum Gasteiger partial charge on any atom is 0.222 e. The summed E-state index contributed by atoms with van der Waals surface area (Å²) in [5.74, 6) is 0.451. The fourth-order valence-electron chi connectivity index (χ4n) is 3.33. The van der Waals surface area contributed by atoms with E-state index in [1.807, 2.05) is 23.2 Å². The molecule has 1 amide bonds. The van der Waals surface area contributed by atoms with E-state index in [4.69, 9.17) is 0 Å².